The number of aliphatic imine (C=N–C) groups is 1. The van der Waals surface area contributed by atoms with Gasteiger partial charge in [0.05, 0.1) is 47.7 Å². The molecule has 0 saturated carbocycles. The second-order valence-corrected chi connectivity index (χ2v) is 18.9. The zero-order chi connectivity index (χ0) is 45.9. The second-order valence-electron chi connectivity index (χ2n) is 17.7. The number of pyridine rings is 1. The Kier molecular flexibility index (Phi) is 15.9. The fourth-order valence-corrected chi connectivity index (χ4v) is 9.86. The summed E-state index contributed by atoms with van der Waals surface area (Å²) < 4.78 is 48.8. The number of alkyl halides is 1. The lowest BCUT2D eigenvalue weighted by Gasteiger charge is -2.47. The topological polar surface area (TPSA) is 214 Å². The lowest BCUT2D eigenvalue weighted by molar-refractivity contribution is -0.296. The highest BCUT2D eigenvalue weighted by Gasteiger charge is 2.56. The average Bonchev–Trinajstić information content (AvgIpc) is 3.67. The molecular weight excluding hydrogens is 826 g/mol. The van der Waals surface area contributed by atoms with Gasteiger partial charge in [0.15, 0.2) is 18.7 Å². The van der Waals surface area contributed by atoms with E-state index in [1.807, 2.05) is 57.1 Å². The zero-order valence-electron chi connectivity index (χ0n) is 37.6. The molecular formula is C44H64FN5O11S. The number of esters is 1. The molecule has 0 radical (unpaired) electrons. The Balaban J connectivity index is 1.66. The van der Waals surface area contributed by atoms with Crippen LogP contribution in [0.4, 0.5) is 10.2 Å². The Hall–Kier alpha value is -3.75. The first-order chi connectivity index (χ1) is 29.0. The number of carbonyl (C=O) groups excluding carboxylic acids is 3. The van der Waals surface area contributed by atoms with Crippen molar-refractivity contribution in [2.24, 2.45) is 27.9 Å². The molecule has 2 aromatic rings. The molecule has 1 amide bonds. The summed E-state index contributed by atoms with van der Waals surface area (Å²) >= 11 is 1.44. The SMILES string of the molecule is CC[C@H]1OC(=O)[C@@](C)(F)C(=O)[C@H](C)[C@@H](O[C@@H]2O[C@H](C)C[C@H](N(C)C)[C@H]2O)[C@@]2(C)C[C@@H](C)C(=NC(C)=O)[C@H](C)[C@H](OC/C(=N/OCc3ccc(-c4cccc(N)n4)s3)CO2)[C@]1(C)O. The Morgan fingerprint density at radius 1 is 1.10 bits per heavy atom. The van der Waals surface area contributed by atoms with Gasteiger partial charge in [-0.25, -0.2) is 19.2 Å². The third-order valence-corrected chi connectivity index (χ3v) is 13.3. The van der Waals surface area contributed by atoms with Crippen molar-refractivity contribution in [3.63, 3.8) is 0 Å². The van der Waals surface area contributed by atoms with E-state index in [2.05, 4.69) is 15.1 Å². The summed E-state index contributed by atoms with van der Waals surface area (Å²) in [6.07, 6.45) is -6.49. The minimum absolute atomic E-state index is 0.00484. The quantitative estimate of drug-likeness (QED) is 0.182. The standard InChI is InChI=1S/C44H64FN5O11S/c1-12-33-44(9,55)39-25(4)35(47-27(6)51)23(2)19-42(7,57-21-28(20-56-39)49-58-22-29-16-17-32(62-29)30-14-13-15-34(46)48-30)38(26(5)37(53)43(8,45)41(54)60-33)61-40-36(52)31(50(10)11)18-24(3)59-40/h13-17,23-26,31,33,36,38-40,52,55H,12,18-22H2,1-11H3,(H2,46,48)/b47-35?,49-28-/t23-,24-,25+,26+,31+,33-,36-,38-,39+,40+,42-,43+,44-/m1/s1. The van der Waals surface area contributed by atoms with E-state index in [1.54, 1.807) is 26.8 Å². The molecule has 16 nitrogen and oxygen atoms in total. The lowest BCUT2D eigenvalue weighted by Crippen LogP contribution is -2.61. The van der Waals surface area contributed by atoms with Crippen molar-refractivity contribution in [2.75, 3.05) is 33.0 Å². The van der Waals surface area contributed by atoms with Crippen LogP contribution in [0.2, 0.25) is 0 Å². The highest BCUT2D eigenvalue weighted by molar-refractivity contribution is 7.15. The lowest BCUT2D eigenvalue weighted by atomic mass is 9.73. The molecule has 4 N–H and O–H groups in total. The summed E-state index contributed by atoms with van der Waals surface area (Å²) in [5.41, 5.74) is 0.324. The summed E-state index contributed by atoms with van der Waals surface area (Å²) in [7, 11) is 3.63. The Bertz CT molecular complexity index is 1970. The van der Waals surface area contributed by atoms with Crippen LogP contribution in [0.15, 0.2) is 40.5 Å². The number of rotatable bonds is 8. The highest BCUT2D eigenvalue weighted by atomic mass is 32.1. The number of oxime groups is 1. The van der Waals surface area contributed by atoms with Crippen LogP contribution in [0.3, 0.4) is 0 Å². The van der Waals surface area contributed by atoms with Crippen molar-refractivity contribution in [1.29, 1.82) is 0 Å². The van der Waals surface area contributed by atoms with Gasteiger partial charge in [0, 0.05) is 35.4 Å². The molecule has 2 bridgehead atoms. The number of cyclic esters (lactones) is 1. The van der Waals surface area contributed by atoms with Gasteiger partial charge < -0.3 is 49.4 Å². The molecule has 0 spiro atoms. The largest absolute Gasteiger partial charge is 0.457 e. The van der Waals surface area contributed by atoms with Crippen molar-refractivity contribution in [1.82, 2.24) is 9.88 Å². The summed E-state index contributed by atoms with van der Waals surface area (Å²) in [5, 5.41) is 28.5. The minimum Gasteiger partial charge on any atom is -0.457 e. The van der Waals surface area contributed by atoms with Gasteiger partial charge in [-0.15, -0.1) is 11.3 Å². The summed E-state index contributed by atoms with van der Waals surface area (Å²) in [5.74, 6) is -5.71. The number of ketones is 1. The zero-order valence-corrected chi connectivity index (χ0v) is 38.4. The normalized spacial score (nSPS) is 38.0. The first-order valence-corrected chi connectivity index (χ1v) is 22.0. The first kappa shape index (κ1) is 49.3. The number of carbonyl (C=O) groups is 3. The van der Waals surface area contributed by atoms with Crippen LogP contribution in [0.1, 0.15) is 86.5 Å². The molecule has 18 heteroatoms. The number of halogens is 1. The molecule has 2 aromatic heterocycles. The van der Waals surface area contributed by atoms with Crippen LogP contribution in [0.5, 0.6) is 0 Å². The number of aliphatic hydroxyl groups is 2. The fourth-order valence-electron chi connectivity index (χ4n) is 8.98. The van der Waals surface area contributed by atoms with E-state index in [0.29, 0.717) is 23.6 Å². The van der Waals surface area contributed by atoms with Gasteiger partial charge in [-0.05, 0) is 91.2 Å². The van der Waals surface area contributed by atoms with Crippen LogP contribution in [-0.4, -0.2) is 136 Å². The van der Waals surface area contributed by atoms with Gasteiger partial charge in [-0.2, -0.15) is 0 Å². The highest BCUT2D eigenvalue weighted by Crippen LogP contribution is 2.41. The van der Waals surface area contributed by atoms with Gasteiger partial charge >= 0.3 is 5.97 Å². The van der Waals surface area contributed by atoms with E-state index in [0.717, 1.165) is 16.7 Å². The third kappa shape index (κ3) is 10.9. The van der Waals surface area contributed by atoms with Gasteiger partial charge in [-0.3, -0.25) is 9.59 Å². The van der Waals surface area contributed by atoms with Crippen molar-refractivity contribution in [3.05, 3.63) is 35.2 Å². The smallest absolute Gasteiger partial charge is 0.351 e. The molecule has 344 valence electrons. The van der Waals surface area contributed by atoms with Crippen LogP contribution in [-0.2, 0) is 49.5 Å². The number of Topliss-reactive ketones (excluding diaryl/α,β-unsaturated/α-hetero) is 1. The molecule has 62 heavy (non-hydrogen) atoms. The van der Waals surface area contributed by atoms with E-state index in [9.17, 15) is 24.6 Å². The van der Waals surface area contributed by atoms with Gasteiger partial charge in [0.2, 0.25) is 5.91 Å². The number of likely N-dealkylation sites (N-methyl/N-ethyl adjacent to an activating group) is 1. The van der Waals surface area contributed by atoms with Crippen molar-refractivity contribution >= 4 is 46.2 Å². The number of hydrogen-bond acceptors (Lipinski definition) is 16. The molecule has 5 heterocycles. The van der Waals surface area contributed by atoms with Gasteiger partial charge in [0.1, 0.15) is 29.3 Å². The molecule has 3 saturated heterocycles. The van der Waals surface area contributed by atoms with E-state index in [-0.39, 0.29) is 44.5 Å². The molecule has 0 aliphatic carbocycles. The van der Waals surface area contributed by atoms with Gasteiger partial charge in [0.25, 0.3) is 5.67 Å². The number of ether oxygens (including phenoxy) is 5. The predicted molar refractivity (Wildman–Crippen MR) is 231 cm³/mol. The Morgan fingerprint density at radius 2 is 1.81 bits per heavy atom. The first-order valence-electron chi connectivity index (χ1n) is 21.2. The maximum Gasteiger partial charge on any atom is 0.351 e. The number of nitrogens with zero attached hydrogens (tertiary/aromatic N) is 4. The fraction of sp³-hybridized carbons (Fsp3) is 0.682. The molecule has 0 unspecified atom stereocenters. The van der Waals surface area contributed by atoms with Gasteiger partial charge in [-0.1, -0.05) is 38.9 Å². The Labute approximate surface area is 367 Å². The van der Waals surface area contributed by atoms with Crippen LogP contribution in [0, 0.1) is 17.8 Å². The number of aromatic nitrogens is 1. The number of nitrogen functional groups attached to an aromatic ring is 1. The summed E-state index contributed by atoms with van der Waals surface area (Å²) in [6, 6.07) is 8.76. The maximum atomic E-state index is 16.9. The third-order valence-electron chi connectivity index (χ3n) is 12.2. The van der Waals surface area contributed by atoms with E-state index < -0.39 is 89.0 Å². The number of aliphatic hydroxyl groups excluding tert-OH is 1. The van der Waals surface area contributed by atoms with E-state index >= 15 is 4.39 Å². The Morgan fingerprint density at radius 3 is 2.45 bits per heavy atom. The average molecular weight is 890 g/mol. The molecule has 3 fully saturated rings. The molecule has 3 aliphatic rings. The van der Waals surface area contributed by atoms with Crippen molar-refractivity contribution in [2.45, 2.75) is 148 Å². The second kappa shape index (κ2) is 20.0. The molecule has 13 atom stereocenters. The molecule has 5 rings (SSSR count). The van der Waals surface area contributed by atoms with Crippen molar-refractivity contribution < 1.29 is 57.5 Å². The molecule has 0 aromatic carbocycles. The van der Waals surface area contributed by atoms with E-state index in [1.165, 1.54) is 32.1 Å². The van der Waals surface area contributed by atoms with Crippen molar-refractivity contribution in [3.8, 4) is 10.6 Å². The summed E-state index contributed by atoms with van der Waals surface area (Å²) in [6.45, 7) is 13.1. The van der Waals surface area contributed by atoms with Crippen LogP contribution in [0.25, 0.3) is 10.6 Å². The number of nitrogens with two attached hydrogens (primary N) is 1. The number of thiophene rings is 1. The maximum absolute atomic E-state index is 16.9. The van der Waals surface area contributed by atoms with Crippen LogP contribution < -0.4 is 5.73 Å². The number of fused-ring (bicyclic) bond motifs is 5. The summed E-state index contributed by atoms with van der Waals surface area (Å²) in [4.78, 5) is 59.5. The number of hydrogen-bond donors (Lipinski definition) is 3. The van der Waals surface area contributed by atoms with Crippen LogP contribution >= 0.6 is 11.3 Å². The van der Waals surface area contributed by atoms with E-state index in [4.69, 9.17) is 34.3 Å². The minimum atomic E-state index is -3.22. The predicted octanol–water partition coefficient (Wildman–Crippen LogP) is 4.92. The molecule has 3 aliphatic heterocycles. The monoisotopic (exact) mass is 889 g/mol. The number of anilines is 1. The number of amides is 1.